The molecule has 17 heteroatoms. The second kappa shape index (κ2) is 14.9. The van der Waals surface area contributed by atoms with Gasteiger partial charge in [-0.2, -0.15) is 26.3 Å². The molecule has 248 valence electrons. The Kier molecular flexibility index (Phi) is 11.2. The highest BCUT2D eigenvalue weighted by atomic mass is 32.1. The normalized spacial score (nSPS) is 13.8. The summed E-state index contributed by atoms with van der Waals surface area (Å²) in [6.45, 7) is 6.69. The van der Waals surface area contributed by atoms with Crippen LogP contribution in [0, 0.1) is 6.92 Å². The summed E-state index contributed by atoms with van der Waals surface area (Å²) in [6.07, 6.45) is -7.00. The zero-order valence-electron chi connectivity index (χ0n) is 24.3. The first-order chi connectivity index (χ1) is 21.7. The number of aliphatic carboxylic acids is 1. The number of nitrogens with zero attached hydrogens (tertiary/aromatic N) is 3. The fourth-order valence-corrected chi connectivity index (χ4v) is 5.49. The van der Waals surface area contributed by atoms with E-state index in [1.54, 1.807) is 12.1 Å². The van der Waals surface area contributed by atoms with Crippen LogP contribution in [0.4, 0.5) is 26.3 Å². The predicted octanol–water partition coefficient (Wildman–Crippen LogP) is 5.88. The molecule has 1 saturated heterocycles. The van der Waals surface area contributed by atoms with Gasteiger partial charge < -0.3 is 20.1 Å². The molecule has 0 bridgehead atoms. The number of rotatable bonds is 10. The molecule has 0 atom stereocenters. The Morgan fingerprint density at radius 2 is 1.78 bits per heavy atom. The number of hydrogen-bond donors (Lipinski definition) is 3. The van der Waals surface area contributed by atoms with Crippen LogP contribution in [-0.4, -0.2) is 63.5 Å². The number of H-pyrrole nitrogens is 1. The number of hydrogen-bond acceptors (Lipinski definition) is 9. The first-order valence-electron chi connectivity index (χ1n) is 13.9. The molecule has 10 nitrogen and oxygen atoms in total. The van der Waals surface area contributed by atoms with E-state index in [1.165, 1.54) is 36.3 Å². The van der Waals surface area contributed by atoms with Gasteiger partial charge in [0.1, 0.15) is 17.4 Å². The van der Waals surface area contributed by atoms with Crippen LogP contribution < -0.4 is 15.8 Å². The Labute approximate surface area is 262 Å². The van der Waals surface area contributed by atoms with Gasteiger partial charge in [-0.3, -0.25) is 9.51 Å². The van der Waals surface area contributed by atoms with Crippen LogP contribution in [0.25, 0.3) is 22.0 Å². The van der Waals surface area contributed by atoms with Crippen molar-refractivity contribution in [3.63, 3.8) is 0 Å². The van der Waals surface area contributed by atoms with E-state index in [9.17, 15) is 31.1 Å². The standard InChI is InChI=1S/C27H28F3N5O3S.C2HF3O2/c1-17-14-20(8-9-21(17)24-33-26(36)38-34-24)37-16-23-22(15-31-10-13-35-11-2-3-12-35)32-25(39-23)18-4-6-19(7-5-18)27(28,29)30;3-2(4,5)1(6)7/h4-9,14,31H,2-3,10-13,15-16H2,1H3,(H,33,34,36);(H,6,7). The van der Waals surface area contributed by atoms with Gasteiger partial charge >= 0.3 is 24.1 Å². The second-order valence-corrected chi connectivity index (χ2v) is 11.3. The summed E-state index contributed by atoms with van der Waals surface area (Å²) in [5, 5.41) is 14.9. The Morgan fingerprint density at radius 3 is 2.35 bits per heavy atom. The topological polar surface area (TPSA) is 134 Å². The number of aryl methyl sites for hydroxylation is 1. The lowest BCUT2D eigenvalue weighted by Crippen LogP contribution is -2.29. The monoisotopic (exact) mass is 673 g/mol. The molecule has 0 aliphatic carbocycles. The number of carboxylic acid groups (broad SMARTS) is 1. The van der Waals surface area contributed by atoms with Gasteiger partial charge in [-0.1, -0.05) is 17.3 Å². The maximum absolute atomic E-state index is 13.0. The molecular formula is C29H29F6N5O5S. The number of alkyl halides is 6. The zero-order valence-corrected chi connectivity index (χ0v) is 25.1. The third-order valence-electron chi connectivity index (χ3n) is 6.84. The molecule has 4 aromatic rings. The number of carboxylic acids is 1. The first-order valence-corrected chi connectivity index (χ1v) is 14.7. The van der Waals surface area contributed by atoms with Crippen molar-refractivity contribution in [3.05, 3.63) is 74.7 Å². The fraction of sp³-hybridized carbons (Fsp3) is 0.379. The van der Waals surface area contributed by atoms with E-state index in [4.69, 9.17) is 19.6 Å². The van der Waals surface area contributed by atoms with E-state index in [-0.39, 0.29) is 6.61 Å². The Morgan fingerprint density at radius 1 is 1.11 bits per heavy atom. The van der Waals surface area contributed by atoms with Gasteiger partial charge in [-0.05, 0) is 68.8 Å². The minimum Gasteiger partial charge on any atom is -0.488 e. The van der Waals surface area contributed by atoms with Crippen LogP contribution in [0.3, 0.4) is 0 Å². The quantitative estimate of drug-likeness (QED) is 0.140. The number of likely N-dealkylation sites (tertiary alicyclic amines) is 1. The summed E-state index contributed by atoms with van der Waals surface area (Å²) in [6, 6.07) is 10.5. The molecule has 1 aliphatic rings. The Bertz CT molecular complexity index is 1660. The molecule has 46 heavy (non-hydrogen) atoms. The lowest BCUT2D eigenvalue weighted by atomic mass is 10.1. The van der Waals surface area contributed by atoms with Gasteiger partial charge in [-0.15, -0.1) is 11.3 Å². The van der Waals surface area contributed by atoms with Gasteiger partial charge in [0.2, 0.25) is 0 Å². The summed E-state index contributed by atoms with van der Waals surface area (Å²) < 4.78 is 81.5. The van der Waals surface area contributed by atoms with Gasteiger partial charge in [-0.25, -0.2) is 14.6 Å². The summed E-state index contributed by atoms with van der Waals surface area (Å²) in [5.74, 6) is -2.41. The zero-order chi connectivity index (χ0) is 33.5. The average molecular weight is 674 g/mol. The Balaban J connectivity index is 0.000000617. The average Bonchev–Trinajstić information content (AvgIpc) is 3.76. The number of halogens is 6. The SMILES string of the molecule is Cc1cc(OCc2sc(-c3ccc(C(F)(F)F)cc3)nc2CNCCN2CCCC2)ccc1-c1noc(=O)[nH]1.O=C(O)C(F)(F)F. The molecule has 2 aromatic carbocycles. The van der Waals surface area contributed by atoms with Gasteiger partial charge in [0.15, 0.2) is 5.82 Å². The number of aromatic amines is 1. The maximum atomic E-state index is 13.0. The van der Waals surface area contributed by atoms with Crippen molar-refractivity contribution < 1.29 is 45.5 Å². The minimum atomic E-state index is -5.08. The van der Waals surface area contributed by atoms with E-state index < -0.39 is 29.6 Å². The number of benzene rings is 2. The molecule has 3 heterocycles. The molecule has 0 amide bonds. The Hall–Kier alpha value is -4.22. The molecule has 2 aromatic heterocycles. The lowest BCUT2D eigenvalue weighted by molar-refractivity contribution is -0.192. The van der Waals surface area contributed by atoms with Crippen molar-refractivity contribution >= 4 is 17.3 Å². The molecule has 3 N–H and O–H groups in total. The van der Waals surface area contributed by atoms with Gasteiger partial charge in [0.25, 0.3) is 0 Å². The fourth-order valence-electron chi connectivity index (χ4n) is 4.50. The summed E-state index contributed by atoms with van der Waals surface area (Å²) in [7, 11) is 0. The van der Waals surface area contributed by atoms with Crippen molar-refractivity contribution in [1.82, 2.24) is 25.3 Å². The van der Waals surface area contributed by atoms with Crippen LogP contribution in [0.5, 0.6) is 5.75 Å². The highest BCUT2D eigenvalue weighted by Crippen LogP contribution is 2.34. The summed E-state index contributed by atoms with van der Waals surface area (Å²) in [4.78, 5) is 30.8. The summed E-state index contributed by atoms with van der Waals surface area (Å²) in [5.41, 5.74) is 2.31. The molecule has 0 radical (unpaired) electrons. The number of nitrogens with one attached hydrogen (secondary N) is 2. The molecule has 0 saturated carbocycles. The van der Waals surface area contributed by atoms with Gasteiger partial charge in [0, 0.05) is 30.8 Å². The smallest absolute Gasteiger partial charge is 0.488 e. The number of aromatic nitrogens is 3. The molecule has 5 rings (SSSR count). The molecular weight excluding hydrogens is 644 g/mol. The molecule has 0 unspecified atom stereocenters. The van der Waals surface area contributed by atoms with Crippen LogP contribution in [-0.2, 0) is 24.1 Å². The second-order valence-electron chi connectivity index (χ2n) is 10.2. The van der Waals surface area contributed by atoms with Crippen LogP contribution in [0.15, 0.2) is 51.8 Å². The van der Waals surface area contributed by atoms with Crippen molar-refractivity contribution in [2.24, 2.45) is 0 Å². The largest absolute Gasteiger partial charge is 0.490 e. The van der Waals surface area contributed by atoms with Crippen LogP contribution in [0.2, 0.25) is 0 Å². The van der Waals surface area contributed by atoms with Crippen molar-refractivity contribution in [2.45, 2.75) is 45.3 Å². The third kappa shape index (κ3) is 9.64. The van der Waals surface area contributed by atoms with Crippen molar-refractivity contribution in [3.8, 4) is 27.7 Å². The van der Waals surface area contributed by atoms with Crippen molar-refractivity contribution in [2.75, 3.05) is 26.2 Å². The van der Waals surface area contributed by atoms with Crippen LogP contribution in [0.1, 0.15) is 34.5 Å². The maximum Gasteiger partial charge on any atom is 0.490 e. The van der Waals surface area contributed by atoms with E-state index in [0.717, 1.165) is 60.0 Å². The number of carbonyl (C=O) groups is 1. The molecule has 1 aliphatic heterocycles. The number of thiazole rings is 1. The van der Waals surface area contributed by atoms with Crippen LogP contribution >= 0.6 is 11.3 Å². The minimum absolute atomic E-state index is 0.251. The van der Waals surface area contributed by atoms with E-state index in [0.29, 0.717) is 28.7 Å². The van der Waals surface area contributed by atoms with E-state index in [1.807, 2.05) is 13.0 Å². The van der Waals surface area contributed by atoms with E-state index in [2.05, 4.69) is 24.9 Å². The number of ether oxygens (including phenoxy) is 1. The summed E-state index contributed by atoms with van der Waals surface area (Å²) >= 11 is 1.41. The molecule has 1 fully saturated rings. The highest BCUT2D eigenvalue weighted by molar-refractivity contribution is 7.15. The van der Waals surface area contributed by atoms with Crippen molar-refractivity contribution in [1.29, 1.82) is 0 Å². The van der Waals surface area contributed by atoms with E-state index >= 15 is 0 Å². The highest BCUT2D eigenvalue weighted by Gasteiger charge is 2.38. The molecule has 0 spiro atoms. The lowest BCUT2D eigenvalue weighted by Gasteiger charge is -2.14. The predicted molar refractivity (Wildman–Crippen MR) is 155 cm³/mol. The third-order valence-corrected chi connectivity index (χ3v) is 7.96. The first kappa shape index (κ1) is 34.6. The van der Waals surface area contributed by atoms with Gasteiger partial charge in [0.05, 0.1) is 16.1 Å².